The zero-order valence-electron chi connectivity index (χ0n) is 11.1. The number of alkyl halides is 3. The van der Waals surface area contributed by atoms with Crippen LogP contribution in [0, 0.1) is 6.92 Å². The molecule has 0 aliphatic heterocycles. The number of benzene rings is 1. The van der Waals surface area contributed by atoms with Gasteiger partial charge in [0, 0.05) is 17.5 Å². The monoisotopic (exact) mass is 293 g/mol. The van der Waals surface area contributed by atoms with E-state index >= 15 is 0 Å². The minimum Gasteiger partial charge on any atom is -0.310 e. The molecule has 0 amide bonds. The molecule has 1 aromatic rings. The average Bonchev–Trinajstić information content (AvgIpc) is 2.32. The van der Waals surface area contributed by atoms with E-state index in [9.17, 15) is 13.2 Å². The highest BCUT2D eigenvalue weighted by Crippen LogP contribution is 2.31. The van der Waals surface area contributed by atoms with Crippen LogP contribution in [0.5, 0.6) is 0 Å². The van der Waals surface area contributed by atoms with Crippen LogP contribution in [-0.4, -0.2) is 12.7 Å². The first-order chi connectivity index (χ1) is 8.85. The molecule has 1 N–H and O–H groups in total. The van der Waals surface area contributed by atoms with Gasteiger partial charge in [0.2, 0.25) is 0 Å². The van der Waals surface area contributed by atoms with E-state index in [-0.39, 0.29) is 12.5 Å². The van der Waals surface area contributed by atoms with Crippen molar-refractivity contribution in [3.8, 4) is 0 Å². The fourth-order valence-electron chi connectivity index (χ4n) is 2.00. The van der Waals surface area contributed by atoms with E-state index in [0.717, 1.165) is 17.5 Å². The minimum atomic E-state index is -4.13. The average molecular weight is 294 g/mol. The second kappa shape index (κ2) is 7.15. The molecule has 5 heteroatoms. The Labute approximate surface area is 117 Å². The highest BCUT2D eigenvalue weighted by atomic mass is 35.5. The smallest absolute Gasteiger partial charge is 0.310 e. The molecule has 0 saturated heterocycles. The third-order valence-electron chi connectivity index (χ3n) is 3.04. The van der Waals surface area contributed by atoms with E-state index in [0.29, 0.717) is 11.6 Å². The van der Waals surface area contributed by atoms with Crippen molar-refractivity contribution < 1.29 is 13.2 Å². The third kappa shape index (κ3) is 5.41. The summed E-state index contributed by atoms with van der Waals surface area (Å²) in [6.07, 6.45) is -4.01. The SMILES string of the molecule is CCCNC(CCC(F)(F)F)c1cccc(Cl)c1C. The second-order valence-corrected chi connectivity index (χ2v) is 5.02. The Morgan fingerprint density at radius 1 is 1.32 bits per heavy atom. The van der Waals surface area contributed by atoms with Crippen LogP contribution in [0.3, 0.4) is 0 Å². The lowest BCUT2D eigenvalue weighted by atomic mass is 9.97. The van der Waals surface area contributed by atoms with Crippen molar-refractivity contribution in [1.29, 1.82) is 0 Å². The summed E-state index contributed by atoms with van der Waals surface area (Å²) in [5.74, 6) is 0. The minimum absolute atomic E-state index is 0.0324. The van der Waals surface area contributed by atoms with E-state index in [1.807, 2.05) is 19.9 Å². The van der Waals surface area contributed by atoms with Gasteiger partial charge in [-0.25, -0.2) is 0 Å². The third-order valence-corrected chi connectivity index (χ3v) is 3.45. The maximum absolute atomic E-state index is 12.4. The van der Waals surface area contributed by atoms with Gasteiger partial charge in [-0.1, -0.05) is 30.7 Å². The van der Waals surface area contributed by atoms with Gasteiger partial charge >= 0.3 is 6.18 Å². The van der Waals surface area contributed by atoms with Gasteiger partial charge < -0.3 is 5.32 Å². The molecular weight excluding hydrogens is 275 g/mol. The molecule has 0 fully saturated rings. The number of nitrogens with one attached hydrogen (secondary N) is 1. The largest absolute Gasteiger partial charge is 0.389 e. The Morgan fingerprint density at radius 2 is 2.00 bits per heavy atom. The van der Waals surface area contributed by atoms with Crippen LogP contribution in [-0.2, 0) is 0 Å². The van der Waals surface area contributed by atoms with Crippen molar-refractivity contribution in [2.75, 3.05) is 6.54 Å². The topological polar surface area (TPSA) is 12.0 Å². The maximum atomic E-state index is 12.4. The zero-order valence-corrected chi connectivity index (χ0v) is 11.9. The summed E-state index contributed by atoms with van der Waals surface area (Å²) < 4.78 is 37.1. The summed E-state index contributed by atoms with van der Waals surface area (Å²) in [5.41, 5.74) is 1.70. The Kier molecular flexibility index (Phi) is 6.14. The quantitative estimate of drug-likeness (QED) is 0.775. The Bertz CT molecular complexity index is 404. The van der Waals surface area contributed by atoms with Crippen LogP contribution in [0.4, 0.5) is 13.2 Å². The van der Waals surface area contributed by atoms with Crippen molar-refractivity contribution in [2.45, 2.75) is 45.3 Å². The zero-order chi connectivity index (χ0) is 14.5. The summed E-state index contributed by atoms with van der Waals surface area (Å²) in [6.45, 7) is 4.51. The predicted octanol–water partition coefficient (Wildman–Crippen LogP) is 5.03. The molecular formula is C14H19ClF3N. The lowest BCUT2D eigenvalue weighted by Crippen LogP contribution is -2.24. The first-order valence-electron chi connectivity index (χ1n) is 6.40. The highest BCUT2D eigenvalue weighted by Gasteiger charge is 2.29. The van der Waals surface area contributed by atoms with Crippen LogP contribution >= 0.6 is 11.6 Å². The lowest BCUT2D eigenvalue weighted by Gasteiger charge is -2.22. The molecule has 1 aromatic carbocycles. The fraction of sp³-hybridized carbons (Fsp3) is 0.571. The molecule has 0 aromatic heterocycles. The molecule has 19 heavy (non-hydrogen) atoms. The van der Waals surface area contributed by atoms with Crippen LogP contribution in [0.25, 0.3) is 0 Å². The molecule has 0 bridgehead atoms. The van der Waals surface area contributed by atoms with E-state index < -0.39 is 12.6 Å². The van der Waals surface area contributed by atoms with E-state index in [2.05, 4.69) is 5.32 Å². The molecule has 1 nitrogen and oxygen atoms in total. The van der Waals surface area contributed by atoms with Crippen LogP contribution in [0.15, 0.2) is 18.2 Å². The van der Waals surface area contributed by atoms with Crippen molar-refractivity contribution in [3.05, 3.63) is 34.3 Å². The summed E-state index contributed by atoms with van der Waals surface area (Å²) >= 11 is 6.03. The molecule has 0 radical (unpaired) electrons. The first-order valence-corrected chi connectivity index (χ1v) is 6.78. The van der Waals surface area contributed by atoms with Crippen molar-refractivity contribution in [3.63, 3.8) is 0 Å². The van der Waals surface area contributed by atoms with Crippen LogP contribution in [0.1, 0.15) is 43.4 Å². The molecule has 108 valence electrons. The predicted molar refractivity (Wildman–Crippen MR) is 72.5 cm³/mol. The number of rotatable bonds is 6. The molecule has 0 aliphatic rings. The molecule has 0 heterocycles. The van der Waals surface area contributed by atoms with Gasteiger partial charge in [-0.05, 0) is 43.5 Å². The summed E-state index contributed by atoms with van der Waals surface area (Å²) in [7, 11) is 0. The number of hydrogen-bond donors (Lipinski definition) is 1. The summed E-state index contributed by atoms with van der Waals surface area (Å²) in [4.78, 5) is 0. The molecule has 1 unspecified atom stereocenters. The first kappa shape index (κ1) is 16.3. The lowest BCUT2D eigenvalue weighted by molar-refractivity contribution is -0.136. The van der Waals surface area contributed by atoms with Gasteiger partial charge in [0.15, 0.2) is 0 Å². The van der Waals surface area contributed by atoms with E-state index in [4.69, 9.17) is 11.6 Å². The second-order valence-electron chi connectivity index (χ2n) is 4.61. The molecule has 1 atom stereocenters. The van der Waals surface area contributed by atoms with Crippen molar-refractivity contribution in [1.82, 2.24) is 5.32 Å². The van der Waals surface area contributed by atoms with Crippen molar-refractivity contribution >= 4 is 11.6 Å². The number of hydrogen-bond acceptors (Lipinski definition) is 1. The standard InChI is InChI=1S/C14H19ClF3N/c1-3-9-19-13(7-8-14(16,17)18)11-5-4-6-12(15)10(11)2/h4-6,13,19H,3,7-9H2,1-2H3. The van der Waals surface area contributed by atoms with E-state index in [1.165, 1.54) is 0 Å². The molecule has 1 rings (SSSR count). The van der Waals surface area contributed by atoms with Crippen LogP contribution in [0.2, 0.25) is 5.02 Å². The molecule has 0 aliphatic carbocycles. The Hall–Kier alpha value is -0.740. The summed E-state index contributed by atoms with van der Waals surface area (Å²) in [6, 6.07) is 5.06. The van der Waals surface area contributed by atoms with Crippen molar-refractivity contribution in [2.24, 2.45) is 0 Å². The Morgan fingerprint density at radius 3 is 2.58 bits per heavy atom. The number of halogens is 4. The van der Waals surface area contributed by atoms with Crippen LogP contribution < -0.4 is 5.32 Å². The van der Waals surface area contributed by atoms with Gasteiger partial charge in [0.05, 0.1) is 0 Å². The van der Waals surface area contributed by atoms with E-state index in [1.54, 1.807) is 12.1 Å². The van der Waals surface area contributed by atoms with Gasteiger partial charge in [0.25, 0.3) is 0 Å². The molecule has 0 spiro atoms. The van der Waals surface area contributed by atoms with Gasteiger partial charge in [-0.2, -0.15) is 13.2 Å². The Balaban J connectivity index is 2.86. The van der Waals surface area contributed by atoms with Gasteiger partial charge in [-0.15, -0.1) is 0 Å². The molecule has 0 saturated carbocycles. The highest BCUT2D eigenvalue weighted by molar-refractivity contribution is 6.31. The summed E-state index contributed by atoms with van der Waals surface area (Å²) in [5, 5.41) is 3.76. The normalized spacial score (nSPS) is 13.6. The fourth-order valence-corrected chi connectivity index (χ4v) is 2.18. The van der Waals surface area contributed by atoms with Gasteiger partial charge in [-0.3, -0.25) is 0 Å². The maximum Gasteiger partial charge on any atom is 0.389 e. The van der Waals surface area contributed by atoms with Gasteiger partial charge in [0.1, 0.15) is 0 Å².